The highest BCUT2D eigenvalue weighted by Gasteiger charge is 2.14. The van der Waals surface area contributed by atoms with Crippen LogP contribution in [0.25, 0.3) is 0 Å². The predicted octanol–water partition coefficient (Wildman–Crippen LogP) is 3.74. The van der Waals surface area contributed by atoms with Crippen molar-refractivity contribution in [2.75, 3.05) is 10.6 Å². The van der Waals surface area contributed by atoms with Gasteiger partial charge in [0.05, 0.1) is 5.56 Å². The zero-order chi connectivity index (χ0) is 25.5. The number of carbonyl (C=O) groups is 5. The number of benzene rings is 3. The van der Waals surface area contributed by atoms with Crippen molar-refractivity contribution in [1.29, 1.82) is 0 Å². The second-order valence-electron chi connectivity index (χ2n) is 7.26. The van der Waals surface area contributed by atoms with Gasteiger partial charge in [0.1, 0.15) is 11.5 Å². The molecule has 2 amide bonds. The van der Waals surface area contributed by atoms with E-state index in [2.05, 4.69) is 10.6 Å². The summed E-state index contributed by atoms with van der Waals surface area (Å²) in [7, 11) is 0. The summed E-state index contributed by atoms with van der Waals surface area (Å²) in [6.45, 7) is 2.46. The van der Waals surface area contributed by atoms with E-state index in [0.717, 1.165) is 0 Å². The Morgan fingerprint density at radius 3 is 1.43 bits per heavy atom. The van der Waals surface area contributed by atoms with Gasteiger partial charge in [-0.15, -0.1) is 0 Å². The van der Waals surface area contributed by atoms with Crippen LogP contribution in [0.15, 0.2) is 66.7 Å². The summed E-state index contributed by atoms with van der Waals surface area (Å²) in [5.41, 5.74) is 0.364. The molecule has 0 aromatic heterocycles. The largest absolute Gasteiger partial charge is 0.478 e. The molecule has 0 spiro atoms. The van der Waals surface area contributed by atoms with Crippen LogP contribution in [0.3, 0.4) is 0 Å². The maximum absolute atomic E-state index is 12.7. The fraction of sp³-hybridized carbons (Fsp3) is 0.0800. The minimum atomic E-state index is -1.27. The summed E-state index contributed by atoms with van der Waals surface area (Å²) in [4.78, 5) is 59.3. The van der Waals surface area contributed by atoms with Crippen LogP contribution in [0, 0.1) is 0 Å². The number of amides is 2. The summed E-state index contributed by atoms with van der Waals surface area (Å²) < 4.78 is 9.94. The van der Waals surface area contributed by atoms with Crippen molar-refractivity contribution in [2.45, 2.75) is 13.8 Å². The Morgan fingerprint density at radius 1 is 0.629 bits per heavy atom. The number of hydrogen-bond donors (Lipinski definition) is 3. The Labute approximate surface area is 199 Å². The number of carboxylic acids is 1. The molecule has 3 rings (SSSR count). The molecule has 3 N–H and O–H groups in total. The molecule has 0 aliphatic rings. The third-order valence-corrected chi connectivity index (χ3v) is 4.41. The molecule has 0 bridgehead atoms. The molecule has 10 heteroatoms. The summed E-state index contributed by atoms with van der Waals surface area (Å²) in [6, 6.07) is 15.6. The summed E-state index contributed by atoms with van der Waals surface area (Å²) >= 11 is 0. The molecule has 0 aliphatic carbocycles. The first-order valence-corrected chi connectivity index (χ1v) is 10.2. The lowest BCUT2D eigenvalue weighted by Crippen LogP contribution is -2.15. The van der Waals surface area contributed by atoms with Gasteiger partial charge in [-0.3, -0.25) is 19.2 Å². The van der Waals surface area contributed by atoms with E-state index < -0.39 is 29.7 Å². The molecule has 0 radical (unpaired) electrons. The van der Waals surface area contributed by atoms with Gasteiger partial charge in [-0.25, -0.2) is 4.79 Å². The molecule has 178 valence electrons. The lowest BCUT2D eigenvalue weighted by atomic mass is 10.1. The Kier molecular flexibility index (Phi) is 7.57. The van der Waals surface area contributed by atoms with Gasteiger partial charge in [0.15, 0.2) is 0 Å². The second-order valence-corrected chi connectivity index (χ2v) is 7.26. The Hall–Kier alpha value is -4.99. The van der Waals surface area contributed by atoms with Gasteiger partial charge >= 0.3 is 17.9 Å². The number of rotatable bonds is 7. The molecule has 3 aromatic rings. The number of anilines is 2. The van der Waals surface area contributed by atoms with Crippen LogP contribution in [0.4, 0.5) is 11.4 Å². The van der Waals surface area contributed by atoms with Crippen LogP contribution in [0.1, 0.15) is 44.9 Å². The van der Waals surface area contributed by atoms with E-state index in [9.17, 15) is 29.1 Å². The fourth-order valence-corrected chi connectivity index (χ4v) is 3.04. The molecular weight excluding hydrogens is 456 g/mol. The molecule has 0 aliphatic heterocycles. The third-order valence-electron chi connectivity index (χ3n) is 4.41. The molecule has 35 heavy (non-hydrogen) atoms. The van der Waals surface area contributed by atoms with E-state index in [1.54, 1.807) is 0 Å². The second kappa shape index (κ2) is 10.8. The van der Waals surface area contributed by atoms with E-state index in [4.69, 9.17) is 9.47 Å². The zero-order valence-electron chi connectivity index (χ0n) is 18.7. The van der Waals surface area contributed by atoms with Gasteiger partial charge in [-0.2, -0.15) is 0 Å². The molecule has 10 nitrogen and oxygen atoms in total. The van der Waals surface area contributed by atoms with Crippen molar-refractivity contribution in [3.8, 4) is 11.5 Å². The van der Waals surface area contributed by atoms with E-state index in [1.807, 2.05) is 0 Å². The average Bonchev–Trinajstić information content (AvgIpc) is 2.78. The number of carboxylic acid groups (broad SMARTS) is 1. The van der Waals surface area contributed by atoms with Crippen LogP contribution in [-0.2, 0) is 9.59 Å². The maximum Gasteiger partial charge on any atom is 0.335 e. The number of esters is 2. The van der Waals surface area contributed by atoms with E-state index >= 15 is 0 Å². The van der Waals surface area contributed by atoms with Gasteiger partial charge in [0, 0.05) is 36.3 Å². The standard InChI is InChI=1S/C25H20N2O8/c1-14(28)34-21-7-3-5-16(11-21)23(30)26-19-9-18(25(32)33)10-20(13-19)27-24(31)17-6-4-8-22(12-17)35-15(2)29/h3-13H,1-2H3,(H,26,30)(H,27,31)(H,32,33). The number of aromatic carboxylic acids is 1. The van der Waals surface area contributed by atoms with Crippen molar-refractivity contribution in [3.63, 3.8) is 0 Å². The number of hydrogen-bond acceptors (Lipinski definition) is 7. The van der Waals surface area contributed by atoms with Gasteiger partial charge < -0.3 is 25.2 Å². The fourth-order valence-electron chi connectivity index (χ4n) is 3.04. The Balaban J connectivity index is 1.83. The molecule has 0 atom stereocenters. The molecule has 0 unspecified atom stereocenters. The normalized spacial score (nSPS) is 10.1. The maximum atomic E-state index is 12.7. The zero-order valence-corrected chi connectivity index (χ0v) is 18.7. The molecular formula is C25H20N2O8. The first-order chi connectivity index (χ1) is 16.6. The molecule has 0 saturated carbocycles. The van der Waals surface area contributed by atoms with Crippen molar-refractivity contribution in [1.82, 2.24) is 0 Å². The van der Waals surface area contributed by atoms with Gasteiger partial charge in [-0.05, 0) is 54.6 Å². The first-order valence-electron chi connectivity index (χ1n) is 10.2. The van der Waals surface area contributed by atoms with Gasteiger partial charge in [0.25, 0.3) is 11.8 Å². The smallest absolute Gasteiger partial charge is 0.335 e. The van der Waals surface area contributed by atoms with Gasteiger partial charge in [-0.1, -0.05) is 12.1 Å². The van der Waals surface area contributed by atoms with E-state index in [-0.39, 0.29) is 39.6 Å². The topological polar surface area (TPSA) is 148 Å². The summed E-state index contributed by atoms with van der Waals surface area (Å²) in [5.74, 6) is -3.20. The molecule has 0 fully saturated rings. The number of ether oxygens (including phenoxy) is 2. The third kappa shape index (κ3) is 6.99. The van der Waals surface area contributed by atoms with Crippen molar-refractivity contribution in [3.05, 3.63) is 83.4 Å². The highest BCUT2D eigenvalue weighted by Crippen LogP contribution is 2.23. The highest BCUT2D eigenvalue weighted by atomic mass is 16.5. The molecule has 0 heterocycles. The Bertz CT molecular complexity index is 1240. The monoisotopic (exact) mass is 476 g/mol. The molecule has 3 aromatic carbocycles. The summed E-state index contributed by atoms with van der Waals surface area (Å²) in [5, 5.41) is 14.6. The summed E-state index contributed by atoms with van der Waals surface area (Å²) in [6.07, 6.45) is 0. The van der Waals surface area contributed by atoms with Crippen LogP contribution in [-0.4, -0.2) is 34.8 Å². The lowest BCUT2D eigenvalue weighted by Gasteiger charge is -2.12. The molecule has 0 saturated heterocycles. The number of carbonyl (C=O) groups excluding carboxylic acids is 4. The Morgan fingerprint density at radius 2 is 1.06 bits per heavy atom. The van der Waals surface area contributed by atoms with Crippen LogP contribution in [0.5, 0.6) is 11.5 Å². The van der Waals surface area contributed by atoms with Crippen molar-refractivity contribution < 1.29 is 38.6 Å². The van der Waals surface area contributed by atoms with Crippen LogP contribution in [0.2, 0.25) is 0 Å². The van der Waals surface area contributed by atoms with Crippen molar-refractivity contribution >= 4 is 41.1 Å². The van der Waals surface area contributed by atoms with Crippen molar-refractivity contribution in [2.24, 2.45) is 0 Å². The van der Waals surface area contributed by atoms with Crippen LogP contribution < -0.4 is 20.1 Å². The van der Waals surface area contributed by atoms with Crippen LogP contribution >= 0.6 is 0 Å². The SMILES string of the molecule is CC(=O)Oc1cccc(C(=O)Nc2cc(NC(=O)c3cccc(OC(C)=O)c3)cc(C(=O)O)c2)c1. The van der Waals surface area contributed by atoms with E-state index in [1.165, 1.54) is 80.6 Å². The minimum absolute atomic E-state index is 0.108. The van der Waals surface area contributed by atoms with E-state index in [0.29, 0.717) is 0 Å². The van der Waals surface area contributed by atoms with Gasteiger partial charge in [0.2, 0.25) is 0 Å². The highest BCUT2D eigenvalue weighted by molar-refractivity contribution is 6.07. The minimum Gasteiger partial charge on any atom is -0.478 e. The quantitative estimate of drug-likeness (QED) is 0.345. The lowest BCUT2D eigenvalue weighted by molar-refractivity contribution is -0.132. The number of nitrogens with one attached hydrogen (secondary N) is 2. The average molecular weight is 476 g/mol. The predicted molar refractivity (Wildman–Crippen MR) is 125 cm³/mol. The first kappa shape index (κ1) is 24.6.